The molecule has 0 amide bonds. The molecule has 0 aliphatic carbocycles. The van der Waals surface area contributed by atoms with Gasteiger partial charge in [0.1, 0.15) is 0 Å². The third kappa shape index (κ3) is 20.3. The number of allylic oxidation sites excluding steroid dienone is 10. The van der Waals surface area contributed by atoms with Crippen molar-refractivity contribution in [2.45, 2.75) is 71.1 Å². The Bertz CT molecular complexity index is 484. The van der Waals surface area contributed by atoms with Crippen LogP contribution in [0.2, 0.25) is 0 Å². The van der Waals surface area contributed by atoms with Crippen molar-refractivity contribution in [3.8, 4) is 0 Å². The van der Waals surface area contributed by atoms with Crippen molar-refractivity contribution in [2.75, 3.05) is 6.61 Å². The van der Waals surface area contributed by atoms with E-state index < -0.39 is 5.97 Å². The second-order valence-electron chi connectivity index (χ2n) is 6.61. The molecule has 3 nitrogen and oxygen atoms in total. The predicted octanol–water partition coefficient (Wildman–Crippen LogP) is 6.38. The van der Waals surface area contributed by atoms with Gasteiger partial charge in [0.15, 0.2) is 0 Å². The molecule has 0 aliphatic rings. The van der Waals surface area contributed by atoms with Gasteiger partial charge in [0.25, 0.3) is 0 Å². The first-order valence-electron chi connectivity index (χ1n) is 10.3. The normalized spacial score (nSPS) is 13.9. The van der Waals surface area contributed by atoms with E-state index in [-0.39, 0.29) is 13.0 Å². The first-order valence-corrected chi connectivity index (χ1v) is 10.3. The first kappa shape index (κ1) is 25.1. The lowest BCUT2D eigenvalue weighted by molar-refractivity contribution is -0.137. The predicted molar refractivity (Wildman–Crippen MR) is 116 cm³/mol. The zero-order valence-corrected chi connectivity index (χ0v) is 16.9. The van der Waals surface area contributed by atoms with Gasteiger partial charge in [-0.2, -0.15) is 0 Å². The maximum absolute atomic E-state index is 10.4. The van der Waals surface area contributed by atoms with Gasteiger partial charge in [-0.3, -0.25) is 4.79 Å². The summed E-state index contributed by atoms with van der Waals surface area (Å²) in [6.07, 6.45) is 30.4. The average molecular weight is 375 g/mol. The van der Waals surface area contributed by atoms with Crippen LogP contribution in [-0.4, -0.2) is 22.8 Å². The number of aliphatic hydroxyl groups excluding tert-OH is 1. The molecule has 0 aromatic heterocycles. The molecule has 27 heavy (non-hydrogen) atoms. The van der Waals surface area contributed by atoms with Crippen molar-refractivity contribution in [3.63, 3.8) is 0 Å². The smallest absolute Gasteiger partial charge is 0.303 e. The number of hydrogen-bond acceptors (Lipinski definition) is 2. The summed E-state index contributed by atoms with van der Waals surface area (Å²) >= 11 is 0. The van der Waals surface area contributed by atoms with Crippen LogP contribution < -0.4 is 0 Å². The Balaban J connectivity index is 3.77. The van der Waals surface area contributed by atoms with Crippen molar-refractivity contribution < 1.29 is 15.0 Å². The molecule has 0 saturated carbocycles. The fraction of sp³-hybridized carbons (Fsp3) is 0.542. The monoisotopic (exact) mass is 374 g/mol. The Morgan fingerprint density at radius 3 is 2.26 bits per heavy atom. The fourth-order valence-corrected chi connectivity index (χ4v) is 2.54. The highest BCUT2D eigenvalue weighted by atomic mass is 16.4. The van der Waals surface area contributed by atoms with Gasteiger partial charge in [0.05, 0.1) is 0 Å². The number of hydrogen-bond donors (Lipinski definition) is 2. The van der Waals surface area contributed by atoms with E-state index in [1.54, 1.807) is 0 Å². The SMILES string of the molecule is CCC=CC=CC(CC=CCC=CCC=CCCCCCC(=O)O)CCO. The van der Waals surface area contributed by atoms with Crippen molar-refractivity contribution in [2.24, 2.45) is 5.92 Å². The molecule has 0 fully saturated rings. The maximum atomic E-state index is 10.4. The van der Waals surface area contributed by atoms with Gasteiger partial charge in [-0.1, -0.05) is 74.1 Å². The molecule has 0 bridgehead atoms. The highest BCUT2D eigenvalue weighted by Crippen LogP contribution is 2.11. The van der Waals surface area contributed by atoms with E-state index in [0.29, 0.717) is 5.92 Å². The van der Waals surface area contributed by atoms with E-state index >= 15 is 0 Å². The van der Waals surface area contributed by atoms with Crippen LogP contribution in [0.4, 0.5) is 0 Å². The summed E-state index contributed by atoms with van der Waals surface area (Å²) in [6.45, 7) is 2.35. The number of carbonyl (C=O) groups is 1. The second-order valence-corrected chi connectivity index (χ2v) is 6.61. The number of aliphatic carboxylic acids is 1. The molecule has 0 radical (unpaired) electrons. The lowest BCUT2D eigenvalue weighted by Crippen LogP contribution is -1.98. The lowest BCUT2D eigenvalue weighted by atomic mass is 10.0. The molecule has 0 aromatic rings. The summed E-state index contributed by atoms with van der Waals surface area (Å²) in [5.74, 6) is -0.301. The summed E-state index contributed by atoms with van der Waals surface area (Å²) in [4.78, 5) is 10.4. The minimum atomic E-state index is -0.700. The van der Waals surface area contributed by atoms with Gasteiger partial charge >= 0.3 is 5.97 Å². The van der Waals surface area contributed by atoms with Crippen LogP contribution >= 0.6 is 0 Å². The molecule has 2 N–H and O–H groups in total. The highest BCUT2D eigenvalue weighted by molar-refractivity contribution is 5.66. The Morgan fingerprint density at radius 2 is 1.59 bits per heavy atom. The van der Waals surface area contributed by atoms with Gasteiger partial charge in [-0.15, -0.1) is 0 Å². The summed E-state index contributed by atoms with van der Waals surface area (Å²) < 4.78 is 0. The topological polar surface area (TPSA) is 57.5 Å². The van der Waals surface area contributed by atoms with Crippen LogP contribution in [0.5, 0.6) is 0 Å². The standard InChI is InChI=1S/C24H38O3/c1-2-3-4-15-18-23(21-22-25)19-16-13-11-9-7-5-6-8-10-12-14-17-20-24(26)27/h3-4,6-9,13,15-16,18,23,25H,2,5,10-12,14,17,19-22H2,1H3,(H,26,27). The molecule has 152 valence electrons. The quantitative estimate of drug-likeness (QED) is 0.176. The van der Waals surface area contributed by atoms with E-state index in [4.69, 9.17) is 10.2 Å². The largest absolute Gasteiger partial charge is 0.481 e. The number of carboxylic acid groups (broad SMARTS) is 1. The molecule has 0 saturated heterocycles. The molecule has 0 aromatic carbocycles. The lowest BCUT2D eigenvalue weighted by Gasteiger charge is -2.07. The minimum absolute atomic E-state index is 0.228. The number of unbranched alkanes of at least 4 members (excludes halogenated alkanes) is 3. The van der Waals surface area contributed by atoms with Crippen LogP contribution in [-0.2, 0) is 4.79 Å². The molecule has 0 heterocycles. The van der Waals surface area contributed by atoms with E-state index in [1.165, 1.54) is 0 Å². The van der Waals surface area contributed by atoms with Crippen molar-refractivity contribution >= 4 is 5.97 Å². The minimum Gasteiger partial charge on any atom is -0.481 e. The summed E-state index contributed by atoms with van der Waals surface area (Å²) in [6, 6.07) is 0. The fourth-order valence-electron chi connectivity index (χ4n) is 2.54. The van der Waals surface area contributed by atoms with Gasteiger partial charge in [0.2, 0.25) is 0 Å². The van der Waals surface area contributed by atoms with Crippen molar-refractivity contribution in [3.05, 3.63) is 60.8 Å². The summed E-state index contributed by atoms with van der Waals surface area (Å²) in [7, 11) is 0. The molecule has 1 atom stereocenters. The summed E-state index contributed by atoms with van der Waals surface area (Å²) in [5.41, 5.74) is 0. The maximum Gasteiger partial charge on any atom is 0.303 e. The first-order chi connectivity index (χ1) is 13.2. The number of rotatable bonds is 17. The van der Waals surface area contributed by atoms with Gasteiger partial charge in [-0.05, 0) is 57.3 Å². The van der Waals surface area contributed by atoms with Gasteiger partial charge in [0, 0.05) is 13.0 Å². The molecule has 0 spiro atoms. The van der Waals surface area contributed by atoms with Crippen LogP contribution in [0.25, 0.3) is 0 Å². The van der Waals surface area contributed by atoms with E-state index in [1.807, 2.05) is 0 Å². The van der Waals surface area contributed by atoms with Crippen LogP contribution in [0, 0.1) is 5.92 Å². The average Bonchev–Trinajstić information content (AvgIpc) is 2.65. The van der Waals surface area contributed by atoms with Crippen LogP contribution in [0.15, 0.2) is 60.8 Å². The van der Waals surface area contributed by atoms with E-state index in [9.17, 15) is 4.79 Å². The zero-order chi connectivity index (χ0) is 20.0. The Hall–Kier alpha value is -1.87. The molecule has 1 unspecified atom stereocenters. The Labute approximate surface area is 165 Å². The summed E-state index contributed by atoms with van der Waals surface area (Å²) in [5, 5.41) is 17.7. The Kier molecular flexibility index (Phi) is 19.0. The zero-order valence-electron chi connectivity index (χ0n) is 16.9. The third-order valence-electron chi connectivity index (χ3n) is 4.11. The van der Waals surface area contributed by atoms with Crippen molar-refractivity contribution in [1.82, 2.24) is 0 Å². The van der Waals surface area contributed by atoms with E-state index in [0.717, 1.165) is 57.8 Å². The van der Waals surface area contributed by atoms with Gasteiger partial charge in [-0.25, -0.2) is 0 Å². The van der Waals surface area contributed by atoms with Crippen LogP contribution in [0.3, 0.4) is 0 Å². The van der Waals surface area contributed by atoms with Crippen molar-refractivity contribution in [1.29, 1.82) is 0 Å². The van der Waals surface area contributed by atoms with Crippen LogP contribution in [0.1, 0.15) is 71.1 Å². The molecular formula is C24H38O3. The van der Waals surface area contributed by atoms with Gasteiger partial charge < -0.3 is 10.2 Å². The molecular weight excluding hydrogens is 336 g/mol. The molecule has 3 heteroatoms. The second kappa shape index (κ2) is 20.4. The number of carboxylic acids is 1. The molecule has 0 aliphatic heterocycles. The van der Waals surface area contributed by atoms with E-state index in [2.05, 4.69) is 67.7 Å². The third-order valence-corrected chi connectivity index (χ3v) is 4.11. The Morgan fingerprint density at radius 1 is 0.889 bits per heavy atom. The molecule has 0 rings (SSSR count). The number of aliphatic hydroxyl groups is 1. The highest BCUT2D eigenvalue weighted by Gasteiger charge is 2.00.